The van der Waals surface area contributed by atoms with Crippen LogP contribution in [0.25, 0.3) is 11.0 Å². The molecule has 0 amide bonds. The summed E-state index contributed by atoms with van der Waals surface area (Å²) in [6.45, 7) is -0.306. The molecule has 0 fully saturated rings. The summed E-state index contributed by atoms with van der Waals surface area (Å²) in [7, 11) is 0. The van der Waals surface area contributed by atoms with Gasteiger partial charge in [0.2, 0.25) is 5.52 Å². The van der Waals surface area contributed by atoms with Crippen molar-refractivity contribution in [1.29, 1.82) is 0 Å². The Bertz CT molecular complexity index is 509. The van der Waals surface area contributed by atoms with Crippen LogP contribution >= 0.6 is 0 Å². The molecule has 0 aliphatic rings. The Morgan fingerprint density at radius 2 is 2.20 bits per heavy atom. The van der Waals surface area contributed by atoms with E-state index in [1.165, 1.54) is 12.1 Å². The molecule has 1 aromatic heterocycles. The number of hydrogen-bond acceptors (Lipinski definition) is 7. The van der Waals surface area contributed by atoms with Crippen LogP contribution in [-0.4, -0.2) is 27.1 Å². The Hall–Kier alpha value is -2.22. The van der Waals surface area contributed by atoms with E-state index in [0.29, 0.717) is 5.69 Å². The van der Waals surface area contributed by atoms with Crippen molar-refractivity contribution in [1.82, 2.24) is 10.3 Å². The van der Waals surface area contributed by atoms with E-state index in [1.54, 1.807) is 0 Å². The number of hydrogen-bond donors (Lipinski definition) is 2. The van der Waals surface area contributed by atoms with Crippen LogP contribution in [0.5, 0.6) is 0 Å². The van der Waals surface area contributed by atoms with Crippen molar-refractivity contribution in [2.75, 3.05) is 12.0 Å². The fourth-order valence-electron chi connectivity index (χ4n) is 1.23. The lowest BCUT2D eigenvalue weighted by molar-refractivity contribution is -0.383. The number of nitrogens with one attached hydrogen (secondary N) is 1. The fourth-order valence-corrected chi connectivity index (χ4v) is 1.23. The third-order valence-electron chi connectivity index (χ3n) is 1.86. The molecule has 0 saturated heterocycles. The zero-order chi connectivity index (χ0) is 10.8. The van der Waals surface area contributed by atoms with E-state index >= 15 is 0 Å². The topological polar surface area (TPSA) is 114 Å². The summed E-state index contributed by atoms with van der Waals surface area (Å²) < 4.78 is 4.42. The predicted octanol–water partition coefficient (Wildman–Crippen LogP) is 0.493. The number of nitro benzene ring substituents is 1. The first-order valence-electron chi connectivity index (χ1n) is 3.98. The molecule has 8 heteroatoms. The van der Waals surface area contributed by atoms with Crippen molar-refractivity contribution in [2.24, 2.45) is 0 Å². The average Bonchev–Trinajstić information content (AvgIpc) is 2.66. The zero-order valence-electron chi connectivity index (χ0n) is 7.38. The Kier molecular flexibility index (Phi) is 2.18. The summed E-state index contributed by atoms with van der Waals surface area (Å²) >= 11 is 0. The van der Waals surface area contributed by atoms with Gasteiger partial charge in [0.05, 0.1) is 10.6 Å². The molecule has 2 rings (SSSR count). The summed E-state index contributed by atoms with van der Waals surface area (Å²) in [6.07, 6.45) is 0. The van der Waals surface area contributed by atoms with Crippen LogP contribution in [0.2, 0.25) is 0 Å². The fraction of sp³-hybridized carbons (Fsp3) is 0.143. The van der Waals surface area contributed by atoms with Gasteiger partial charge in [0.15, 0.2) is 5.52 Å². The van der Waals surface area contributed by atoms with E-state index in [2.05, 4.69) is 20.3 Å². The molecular weight excluding hydrogens is 204 g/mol. The van der Waals surface area contributed by atoms with Crippen LogP contribution in [0.4, 0.5) is 11.4 Å². The van der Waals surface area contributed by atoms with Gasteiger partial charge in [0, 0.05) is 6.07 Å². The van der Waals surface area contributed by atoms with Crippen LogP contribution in [0, 0.1) is 10.1 Å². The highest BCUT2D eigenvalue weighted by Gasteiger charge is 2.18. The molecule has 0 radical (unpaired) electrons. The minimum Gasteiger partial charge on any atom is -0.377 e. The third kappa shape index (κ3) is 1.46. The molecule has 0 atom stereocenters. The van der Waals surface area contributed by atoms with Crippen molar-refractivity contribution in [3.05, 3.63) is 22.2 Å². The monoisotopic (exact) mass is 210 g/mol. The number of aliphatic hydroxyl groups is 1. The minimum absolute atomic E-state index is 0.0541. The van der Waals surface area contributed by atoms with Gasteiger partial charge in [-0.2, -0.15) is 0 Å². The average molecular weight is 210 g/mol. The second kappa shape index (κ2) is 3.50. The zero-order valence-corrected chi connectivity index (χ0v) is 7.38. The second-order valence-corrected chi connectivity index (χ2v) is 2.69. The normalized spacial score (nSPS) is 10.5. The molecule has 0 spiro atoms. The molecule has 0 unspecified atom stereocenters. The van der Waals surface area contributed by atoms with Gasteiger partial charge in [-0.3, -0.25) is 10.1 Å². The maximum absolute atomic E-state index is 10.6. The Labute approximate surface area is 82.6 Å². The molecule has 1 heterocycles. The standard InChI is InChI=1S/C7H6N4O4/c12-3-8-4-1-2-5(11(13)14)7-6(4)9-15-10-7/h1-2,8,12H,3H2. The highest BCUT2D eigenvalue weighted by atomic mass is 16.6. The van der Waals surface area contributed by atoms with Gasteiger partial charge < -0.3 is 10.4 Å². The van der Waals surface area contributed by atoms with Gasteiger partial charge in [-0.25, -0.2) is 4.63 Å². The van der Waals surface area contributed by atoms with Crippen molar-refractivity contribution >= 4 is 22.4 Å². The molecule has 15 heavy (non-hydrogen) atoms. The Balaban J connectivity index is 2.65. The van der Waals surface area contributed by atoms with Gasteiger partial charge in [-0.05, 0) is 16.4 Å². The summed E-state index contributed by atoms with van der Waals surface area (Å²) in [5.74, 6) is 0. The molecule has 8 nitrogen and oxygen atoms in total. The van der Waals surface area contributed by atoms with Crippen LogP contribution < -0.4 is 5.32 Å². The Morgan fingerprint density at radius 1 is 1.47 bits per heavy atom. The lowest BCUT2D eigenvalue weighted by Gasteiger charge is -2.01. The summed E-state index contributed by atoms with van der Waals surface area (Å²) in [5, 5.41) is 28.8. The number of benzene rings is 1. The summed E-state index contributed by atoms with van der Waals surface area (Å²) in [5.41, 5.74) is 0.519. The predicted molar refractivity (Wildman–Crippen MR) is 49.2 cm³/mol. The van der Waals surface area contributed by atoms with Crippen LogP contribution in [0.3, 0.4) is 0 Å². The number of non-ortho nitro benzene ring substituents is 1. The summed E-state index contributed by atoms with van der Waals surface area (Å²) in [6, 6.07) is 2.70. The van der Waals surface area contributed by atoms with E-state index in [1.807, 2.05) is 0 Å². The molecule has 78 valence electrons. The van der Waals surface area contributed by atoms with E-state index in [4.69, 9.17) is 5.11 Å². The second-order valence-electron chi connectivity index (χ2n) is 2.69. The molecule has 0 aliphatic heterocycles. The van der Waals surface area contributed by atoms with Gasteiger partial charge in [-0.1, -0.05) is 0 Å². The van der Waals surface area contributed by atoms with Crippen molar-refractivity contribution < 1.29 is 14.7 Å². The number of aromatic nitrogens is 2. The number of nitrogens with zero attached hydrogens (tertiary/aromatic N) is 3. The van der Waals surface area contributed by atoms with Crippen molar-refractivity contribution in [3.63, 3.8) is 0 Å². The van der Waals surface area contributed by atoms with E-state index in [0.717, 1.165) is 0 Å². The number of aliphatic hydroxyl groups excluding tert-OH is 1. The largest absolute Gasteiger partial charge is 0.377 e. The van der Waals surface area contributed by atoms with Crippen molar-refractivity contribution in [3.8, 4) is 0 Å². The first-order valence-corrected chi connectivity index (χ1v) is 3.98. The minimum atomic E-state index is -0.574. The molecular formula is C7H6N4O4. The number of fused-ring (bicyclic) bond motifs is 1. The first-order chi connectivity index (χ1) is 7.24. The van der Waals surface area contributed by atoms with Gasteiger partial charge in [0.1, 0.15) is 6.73 Å². The summed E-state index contributed by atoms with van der Waals surface area (Å²) in [4.78, 5) is 10.0. The maximum atomic E-state index is 10.6. The quantitative estimate of drug-likeness (QED) is 0.430. The van der Waals surface area contributed by atoms with Gasteiger partial charge in [0.25, 0.3) is 0 Å². The van der Waals surface area contributed by atoms with E-state index in [-0.39, 0.29) is 23.5 Å². The number of nitro groups is 1. The van der Waals surface area contributed by atoms with Crippen LogP contribution in [-0.2, 0) is 0 Å². The molecule has 1 aromatic carbocycles. The highest BCUT2D eigenvalue weighted by molar-refractivity contribution is 5.93. The number of rotatable bonds is 3. The number of anilines is 1. The Morgan fingerprint density at radius 3 is 2.87 bits per heavy atom. The third-order valence-corrected chi connectivity index (χ3v) is 1.86. The maximum Gasteiger partial charge on any atom is 0.300 e. The van der Waals surface area contributed by atoms with Gasteiger partial charge in [-0.15, -0.1) is 0 Å². The molecule has 0 aliphatic carbocycles. The van der Waals surface area contributed by atoms with Crippen LogP contribution in [0.15, 0.2) is 16.8 Å². The van der Waals surface area contributed by atoms with Crippen LogP contribution in [0.1, 0.15) is 0 Å². The first kappa shape index (κ1) is 9.34. The van der Waals surface area contributed by atoms with Gasteiger partial charge >= 0.3 is 5.69 Å². The van der Waals surface area contributed by atoms with E-state index in [9.17, 15) is 10.1 Å². The lowest BCUT2D eigenvalue weighted by Crippen LogP contribution is -2.00. The smallest absolute Gasteiger partial charge is 0.300 e. The highest BCUT2D eigenvalue weighted by Crippen LogP contribution is 2.28. The molecule has 0 bridgehead atoms. The molecule has 2 aromatic rings. The lowest BCUT2D eigenvalue weighted by atomic mass is 10.2. The SMILES string of the molecule is O=[N+]([O-])c1ccc(NCO)c2nonc12. The molecule has 2 N–H and O–H groups in total. The van der Waals surface area contributed by atoms with Crippen molar-refractivity contribution in [2.45, 2.75) is 0 Å². The van der Waals surface area contributed by atoms with E-state index < -0.39 is 4.92 Å². The molecule has 0 saturated carbocycles.